The van der Waals surface area contributed by atoms with Crippen molar-refractivity contribution in [3.63, 3.8) is 0 Å². The highest BCUT2D eigenvalue weighted by Gasteiger charge is 2.10. The number of halogens is 2. The molecule has 0 aliphatic carbocycles. The van der Waals surface area contributed by atoms with Crippen LogP contribution < -0.4 is 5.73 Å². The van der Waals surface area contributed by atoms with Crippen molar-refractivity contribution in [2.45, 2.75) is 0 Å². The monoisotopic (exact) mass is 304 g/mol. The molecule has 1 heterocycles. The molecule has 0 aliphatic rings. The van der Waals surface area contributed by atoms with Gasteiger partial charge >= 0.3 is 0 Å². The van der Waals surface area contributed by atoms with Crippen molar-refractivity contribution in [1.29, 1.82) is 0 Å². The Morgan fingerprint density at radius 3 is 2.75 bits per heavy atom. The van der Waals surface area contributed by atoms with Crippen molar-refractivity contribution in [3.05, 3.63) is 58.7 Å². The van der Waals surface area contributed by atoms with E-state index in [2.05, 4.69) is 4.98 Å². The predicted molar refractivity (Wildman–Crippen MR) is 82.4 cm³/mol. The average molecular weight is 305 g/mol. The minimum Gasteiger partial charge on any atom is -0.399 e. The molecule has 0 radical (unpaired) electrons. The average Bonchev–Trinajstić information content (AvgIpc) is 2.88. The lowest BCUT2D eigenvalue weighted by molar-refractivity contribution is 0.628. The second-order valence-electron chi connectivity index (χ2n) is 4.29. The first kappa shape index (κ1) is 13.1. The predicted octanol–water partition coefficient (Wildman–Crippen LogP) is 4.85. The van der Waals surface area contributed by atoms with Gasteiger partial charge in [0.05, 0.1) is 10.7 Å². The normalized spacial score (nSPS) is 10.7. The molecular formula is C15H10ClFN2S. The number of nitrogens with two attached hydrogens (primary N) is 1. The molecule has 5 heteroatoms. The number of hydrogen-bond acceptors (Lipinski definition) is 3. The Kier molecular flexibility index (Phi) is 3.42. The van der Waals surface area contributed by atoms with Crippen LogP contribution in [-0.2, 0) is 0 Å². The molecule has 3 aromatic rings. The van der Waals surface area contributed by atoms with E-state index in [0.717, 1.165) is 21.8 Å². The van der Waals surface area contributed by atoms with Gasteiger partial charge in [-0.15, -0.1) is 11.3 Å². The topological polar surface area (TPSA) is 38.9 Å². The summed E-state index contributed by atoms with van der Waals surface area (Å²) in [6.45, 7) is 0. The van der Waals surface area contributed by atoms with Crippen molar-refractivity contribution >= 4 is 28.6 Å². The quantitative estimate of drug-likeness (QED) is 0.687. The van der Waals surface area contributed by atoms with Crippen molar-refractivity contribution in [1.82, 2.24) is 4.98 Å². The van der Waals surface area contributed by atoms with Gasteiger partial charge < -0.3 is 5.73 Å². The number of anilines is 1. The Balaban J connectivity index is 2.02. The molecule has 0 saturated heterocycles. The van der Waals surface area contributed by atoms with Crippen molar-refractivity contribution in [2.24, 2.45) is 0 Å². The highest BCUT2D eigenvalue weighted by atomic mass is 35.5. The third-order valence-corrected chi connectivity index (χ3v) is 4.05. The van der Waals surface area contributed by atoms with Crippen LogP contribution in [0.25, 0.3) is 21.8 Å². The van der Waals surface area contributed by atoms with Gasteiger partial charge in [0.1, 0.15) is 10.8 Å². The SMILES string of the molecule is Nc1cccc(-c2nc(-c3ccc(F)cc3Cl)cs2)c1. The fourth-order valence-corrected chi connectivity index (χ4v) is 2.98. The summed E-state index contributed by atoms with van der Waals surface area (Å²) in [7, 11) is 0. The van der Waals surface area contributed by atoms with Crippen LogP contribution in [0.3, 0.4) is 0 Å². The second-order valence-corrected chi connectivity index (χ2v) is 5.55. The third kappa shape index (κ3) is 2.53. The molecule has 0 unspecified atom stereocenters. The lowest BCUT2D eigenvalue weighted by atomic mass is 10.1. The van der Waals surface area contributed by atoms with Crippen LogP contribution in [0.2, 0.25) is 5.02 Å². The first-order chi connectivity index (χ1) is 9.63. The molecule has 2 nitrogen and oxygen atoms in total. The van der Waals surface area contributed by atoms with Gasteiger partial charge in [-0.05, 0) is 30.3 Å². The van der Waals surface area contributed by atoms with Gasteiger partial charge in [0, 0.05) is 22.2 Å². The molecule has 0 saturated carbocycles. The number of benzene rings is 2. The van der Waals surface area contributed by atoms with Crippen LogP contribution in [0, 0.1) is 5.82 Å². The Morgan fingerprint density at radius 2 is 2.00 bits per heavy atom. The summed E-state index contributed by atoms with van der Waals surface area (Å²) in [6.07, 6.45) is 0. The van der Waals surface area contributed by atoms with Crippen LogP contribution >= 0.6 is 22.9 Å². The molecule has 1 aromatic heterocycles. The molecule has 0 atom stereocenters. The lowest BCUT2D eigenvalue weighted by Gasteiger charge is -2.01. The molecule has 0 spiro atoms. The van der Waals surface area contributed by atoms with E-state index in [9.17, 15) is 4.39 Å². The summed E-state index contributed by atoms with van der Waals surface area (Å²) in [4.78, 5) is 4.54. The van der Waals surface area contributed by atoms with Crippen molar-refractivity contribution in [2.75, 3.05) is 5.73 Å². The maximum atomic E-state index is 13.1. The van der Waals surface area contributed by atoms with Gasteiger partial charge in [0.15, 0.2) is 0 Å². The van der Waals surface area contributed by atoms with Gasteiger partial charge in [-0.3, -0.25) is 0 Å². The molecule has 0 bridgehead atoms. The highest BCUT2D eigenvalue weighted by Crippen LogP contribution is 2.33. The van der Waals surface area contributed by atoms with E-state index in [0.29, 0.717) is 10.7 Å². The zero-order valence-electron chi connectivity index (χ0n) is 10.3. The maximum Gasteiger partial charge on any atom is 0.124 e. The van der Waals surface area contributed by atoms with E-state index >= 15 is 0 Å². The van der Waals surface area contributed by atoms with Crippen LogP contribution in [0.4, 0.5) is 10.1 Å². The molecule has 0 amide bonds. The van der Waals surface area contributed by atoms with Crippen LogP contribution in [0.15, 0.2) is 47.8 Å². The first-order valence-corrected chi connectivity index (χ1v) is 7.16. The Hall–Kier alpha value is -1.91. The molecular weight excluding hydrogens is 295 g/mol. The van der Waals surface area contributed by atoms with E-state index in [4.69, 9.17) is 17.3 Å². The van der Waals surface area contributed by atoms with E-state index in [-0.39, 0.29) is 5.82 Å². The van der Waals surface area contributed by atoms with E-state index in [1.165, 1.54) is 23.5 Å². The number of rotatable bonds is 2. The number of nitrogen functional groups attached to an aromatic ring is 1. The molecule has 0 aliphatic heterocycles. The number of nitrogens with zero attached hydrogens (tertiary/aromatic N) is 1. The fourth-order valence-electron chi connectivity index (χ4n) is 1.90. The summed E-state index contributed by atoms with van der Waals surface area (Å²) in [6, 6.07) is 11.8. The van der Waals surface area contributed by atoms with Gasteiger partial charge in [-0.2, -0.15) is 0 Å². The Bertz CT molecular complexity index is 770. The fraction of sp³-hybridized carbons (Fsp3) is 0. The summed E-state index contributed by atoms with van der Waals surface area (Å²) in [5.74, 6) is -0.356. The van der Waals surface area contributed by atoms with E-state index in [1.807, 2.05) is 29.6 Å². The minimum atomic E-state index is -0.356. The van der Waals surface area contributed by atoms with Crippen LogP contribution in [0.1, 0.15) is 0 Å². The van der Waals surface area contributed by atoms with Crippen LogP contribution in [0.5, 0.6) is 0 Å². The van der Waals surface area contributed by atoms with Crippen molar-refractivity contribution in [3.8, 4) is 21.8 Å². The molecule has 2 N–H and O–H groups in total. The molecule has 100 valence electrons. The summed E-state index contributed by atoms with van der Waals surface area (Å²) >= 11 is 7.55. The van der Waals surface area contributed by atoms with Gasteiger partial charge in [-0.1, -0.05) is 23.7 Å². The largest absolute Gasteiger partial charge is 0.399 e. The number of thiazole rings is 1. The zero-order chi connectivity index (χ0) is 14.1. The zero-order valence-corrected chi connectivity index (χ0v) is 11.9. The standard InChI is InChI=1S/C15H10ClFN2S/c16-13-7-10(17)4-5-12(13)14-8-20-15(19-14)9-2-1-3-11(18)6-9/h1-8H,18H2. The smallest absolute Gasteiger partial charge is 0.124 e. The lowest BCUT2D eigenvalue weighted by Crippen LogP contribution is -1.85. The highest BCUT2D eigenvalue weighted by molar-refractivity contribution is 7.13. The number of aromatic nitrogens is 1. The third-order valence-electron chi connectivity index (χ3n) is 2.84. The van der Waals surface area contributed by atoms with Crippen molar-refractivity contribution < 1.29 is 4.39 Å². The van der Waals surface area contributed by atoms with Gasteiger partial charge in [0.25, 0.3) is 0 Å². The van der Waals surface area contributed by atoms with Crippen LogP contribution in [-0.4, -0.2) is 4.98 Å². The Labute approximate surface area is 124 Å². The second kappa shape index (κ2) is 5.23. The Morgan fingerprint density at radius 1 is 1.15 bits per heavy atom. The summed E-state index contributed by atoms with van der Waals surface area (Å²) in [5.41, 5.74) is 8.88. The van der Waals surface area contributed by atoms with Gasteiger partial charge in [0.2, 0.25) is 0 Å². The van der Waals surface area contributed by atoms with Gasteiger partial charge in [-0.25, -0.2) is 9.37 Å². The molecule has 3 rings (SSSR count). The minimum absolute atomic E-state index is 0.356. The van der Waals surface area contributed by atoms with E-state index in [1.54, 1.807) is 6.07 Å². The molecule has 0 fully saturated rings. The number of hydrogen-bond donors (Lipinski definition) is 1. The molecule has 2 aromatic carbocycles. The maximum absolute atomic E-state index is 13.1. The molecule has 20 heavy (non-hydrogen) atoms. The first-order valence-electron chi connectivity index (χ1n) is 5.90. The summed E-state index contributed by atoms with van der Waals surface area (Å²) < 4.78 is 13.1. The summed E-state index contributed by atoms with van der Waals surface area (Å²) in [5, 5.41) is 3.11. The van der Waals surface area contributed by atoms with E-state index < -0.39 is 0 Å².